The van der Waals surface area contributed by atoms with Gasteiger partial charge in [0.25, 0.3) is 0 Å². The van der Waals surface area contributed by atoms with E-state index in [1.54, 1.807) is 0 Å². The van der Waals surface area contributed by atoms with Crippen molar-refractivity contribution in [1.82, 2.24) is 20.4 Å². The minimum absolute atomic E-state index is 0.0115. The summed E-state index contributed by atoms with van der Waals surface area (Å²) in [6.45, 7) is 9.88. The number of carbonyl (C=O) groups is 1. The SMILES string of the molecule is C[C@@H]1CN(CCNC(=O)N[C@H]2CCN(C3CCCC3)C2)C[C@@H](C)O1. The van der Waals surface area contributed by atoms with Crippen molar-refractivity contribution in [3.8, 4) is 0 Å². The fourth-order valence-electron chi connectivity index (χ4n) is 4.54. The van der Waals surface area contributed by atoms with Crippen molar-refractivity contribution in [2.24, 2.45) is 0 Å². The number of ether oxygens (including phenoxy) is 1. The van der Waals surface area contributed by atoms with Gasteiger partial charge in [0.15, 0.2) is 0 Å². The Morgan fingerprint density at radius 2 is 1.79 bits per heavy atom. The van der Waals surface area contributed by atoms with Crippen molar-refractivity contribution in [2.75, 3.05) is 39.3 Å². The van der Waals surface area contributed by atoms with Gasteiger partial charge in [-0.05, 0) is 33.1 Å². The van der Waals surface area contributed by atoms with Gasteiger partial charge in [-0.2, -0.15) is 0 Å². The number of carbonyl (C=O) groups excluding carboxylic acids is 1. The summed E-state index contributed by atoms with van der Waals surface area (Å²) >= 11 is 0. The maximum absolute atomic E-state index is 12.1. The first kappa shape index (κ1) is 18.0. The quantitative estimate of drug-likeness (QED) is 0.796. The molecule has 1 saturated carbocycles. The molecule has 0 aromatic heterocycles. The molecule has 0 aromatic carbocycles. The van der Waals surface area contributed by atoms with E-state index < -0.39 is 0 Å². The van der Waals surface area contributed by atoms with Gasteiger partial charge in [0, 0.05) is 51.4 Å². The van der Waals surface area contributed by atoms with Crippen LogP contribution in [-0.2, 0) is 4.74 Å². The monoisotopic (exact) mass is 338 g/mol. The lowest BCUT2D eigenvalue weighted by Crippen LogP contribution is -2.49. The summed E-state index contributed by atoms with van der Waals surface area (Å²) in [7, 11) is 0. The number of urea groups is 1. The summed E-state index contributed by atoms with van der Waals surface area (Å²) in [5.41, 5.74) is 0. The molecule has 6 nitrogen and oxygen atoms in total. The first-order chi connectivity index (χ1) is 11.6. The first-order valence-electron chi connectivity index (χ1n) is 9.76. The maximum atomic E-state index is 12.1. The molecular formula is C18H34N4O2. The third-order valence-corrected chi connectivity index (χ3v) is 5.60. The molecule has 0 spiro atoms. The number of likely N-dealkylation sites (tertiary alicyclic amines) is 1. The minimum Gasteiger partial charge on any atom is -0.373 e. The zero-order valence-electron chi connectivity index (χ0n) is 15.3. The van der Waals surface area contributed by atoms with E-state index in [4.69, 9.17) is 4.74 Å². The lowest BCUT2D eigenvalue weighted by molar-refractivity contribution is -0.0672. The van der Waals surface area contributed by atoms with Crippen molar-refractivity contribution in [3.05, 3.63) is 0 Å². The smallest absolute Gasteiger partial charge is 0.315 e. The Bertz CT molecular complexity index is 404. The summed E-state index contributed by atoms with van der Waals surface area (Å²) in [5, 5.41) is 6.17. The van der Waals surface area contributed by atoms with Gasteiger partial charge in [-0.25, -0.2) is 4.79 Å². The second kappa shape index (κ2) is 8.50. The van der Waals surface area contributed by atoms with E-state index in [0.29, 0.717) is 12.6 Å². The summed E-state index contributed by atoms with van der Waals surface area (Å²) in [6, 6.07) is 1.07. The van der Waals surface area contributed by atoms with Crippen LogP contribution in [0.25, 0.3) is 0 Å². The molecule has 0 aromatic rings. The Hall–Kier alpha value is -0.850. The molecule has 3 fully saturated rings. The highest BCUT2D eigenvalue weighted by Crippen LogP contribution is 2.26. The van der Waals surface area contributed by atoms with Gasteiger partial charge < -0.3 is 15.4 Å². The van der Waals surface area contributed by atoms with E-state index in [9.17, 15) is 4.79 Å². The lowest BCUT2D eigenvalue weighted by atomic mass is 10.2. The topological polar surface area (TPSA) is 56.8 Å². The number of morpholine rings is 1. The molecule has 138 valence electrons. The van der Waals surface area contributed by atoms with Gasteiger partial charge in [-0.3, -0.25) is 9.80 Å². The number of hydrogen-bond acceptors (Lipinski definition) is 4. The molecule has 6 heteroatoms. The van der Waals surface area contributed by atoms with Crippen LogP contribution < -0.4 is 10.6 Å². The van der Waals surface area contributed by atoms with Crippen LogP contribution in [0.5, 0.6) is 0 Å². The van der Waals surface area contributed by atoms with Crippen LogP contribution >= 0.6 is 0 Å². The molecule has 0 radical (unpaired) electrons. The Kier molecular flexibility index (Phi) is 6.36. The van der Waals surface area contributed by atoms with Crippen LogP contribution in [0.15, 0.2) is 0 Å². The van der Waals surface area contributed by atoms with Gasteiger partial charge in [-0.1, -0.05) is 12.8 Å². The largest absolute Gasteiger partial charge is 0.373 e. The maximum Gasteiger partial charge on any atom is 0.315 e. The molecule has 2 heterocycles. The van der Waals surface area contributed by atoms with Gasteiger partial charge in [0.05, 0.1) is 12.2 Å². The second-order valence-corrected chi connectivity index (χ2v) is 7.84. The third-order valence-electron chi connectivity index (χ3n) is 5.60. The van der Waals surface area contributed by atoms with Crippen molar-refractivity contribution >= 4 is 6.03 Å². The number of nitrogens with one attached hydrogen (secondary N) is 2. The molecule has 2 N–H and O–H groups in total. The Balaban J connectivity index is 1.30. The average molecular weight is 338 g/mol. The molecule has 3 aliphatic rings. The van der Waals surface area contributed by atoms with Crippen molar-refractivity contribution < 1.29 is 9.53 Å². The van der Waals surface area contributed by atoms with E-state index in [1.807, 2.05) is 0 Å². The minimum atomic E-state index is -0.0115. The van der Waals surface area contributed by atoms with Gasteiger partial charge in [-0.15, -0.1) is 0 Å². The number of hydrogen-bond donors (Lipinski definition) is 2. The Morgan fingerprint density at radius 1 is 1.08 bits per heavy atom. The van der Waals surface area contributed by atoms with E-state index in [0.717, 1.165) is 45.2 Å². The average Bonchev–Trinajstić information content (AvgIpc) is 3.16. The summed E-state index contributed by atoms with van der Waals surface area (Å²) in [6.07, 6.45) is 7.08. The van der Waals surface area contributed by atoms with Crippen molar-refractivity contribution in [2.45, 2.75) is 70.2 Å². The molecule has 2 aliphatic heterocycles. The molecule has 3 rings (SSSR count). The fourth-order valence-corrected chi connectivity index (χ4v) is 4.54. The zero-order chi connectivity index (χ0) is 16.9. The van der Waals surface area contributed by atoms with Gasteiger partial charge in [0.2, 0.25) is 0 Å². The van der Waals surface area contributed by atoms with Crippen molar-refractivity contribution in [3.63, 3.8) is 0 Å². The van der Waals surface area contributed by atoms with Crippen molar-refractivity contribution in [1.29, 1.82) is 0 Å². The first-order valence-corrected chi connectivity index (χ1v) is 9.76. The highest BCUT2D eigenvalue weighted by molar-refractivity contribution is 5.74. The third kappa shape index (κ3) is 5.07. The Labute approximate surface area is 146 Å². The summed E-state index contributed by atoms with van der Waals surface area (Å²) in [4.78, 5) is 17.1. The summed E-state index contributed by atoms with van der Waals surface area (Å²) in [5.74, 6) is 0. The highest BCUT2D eigenvalue weighted by atomic mass is 16.5. The van der Waals surface area contributed by atoms with Crippen LogP contribution in [-0.4, -0.2) is 79.4 Å². The molecule has 0 unspecified atom stereocenters. The molecule has 3 atom stereocenters. The van der Waals surface area contributed by atoms with E-state index in [2.05, 4.69) is 34.3 Å². The van der Waals surface area contributed by atoms with Gasteiger partial charge in [0.1, 0.15) is 0 Å². The van der Waals surface area contributed by atoms with E-state index in [-0.39, 0.29) is 18.2 Å². The molecule has 0 bridgehead atoms. The molecule has 2 saturated heterocycles. The van der Waals surface area contributed by atoms with E-state index in [1.165, 1.54) is 25.7 Å². The van der Waals surface area contributed by atoms with Crippen LogP contribution in [0.1, 0.15) is 46.0 Å². The highest BCUT2D eigenvalue weighted by Gasteiger charge is 2.30. The lowest BCUT2D eigenvalue weighted by Gasteiger charge is -2.35. The predicted molar refractivity (Wildman–Crippen MR) is 95.2 cm³/mol. The molecule has 1 aliphatic carbocycles. The normalized spacial score (nSPS) is 33.0. The van der Waals surface area contributed by atoms with Gasteiger partial charge >= 0.3 is 6.03 Å². The van der Waals surface area contributed by atoms with Crippen LogP contribution in [0.4, 0.5) is 4.79 Å². The number of amides is 2. The molecule has 24 heavy (non-hydrogen) atoms. The summed E-state index contributed by atoms with van der Waals surface area (Å²) < 4.78 is 5.74. The van der Waals surface area contributed by atoms with Crippen LogP contribution in [0.3, 0.4) is 0 Å². The fraction of sp³-hybridized carbons (Fsp3) is 0.944. The van der Waals surface area contributed by atoms with E-state index >= 15 is 0 Å². The predicted octanol–water partition coefficient (Wildman–Crippen LogP) is 1.41. The number of nitrogens with zero attached hydrogens (tertiary/aromatic N) is 2. The van der Waals surface area contributed by atoms with Crippen LogP contribution in [0.2, 0.25) is 0 Å². The number of rotatable bonds is 5. The van der Waals surface area contributed by atoms with Crippen LogP contribution in [0, 0.1) is 0 Å². The zero-order valence-corrected chi connectivity index (χ0v) is 15.3. The Morgan fingerprint density at radius 3 is 2.50 bits per heavy atom. The molecule has 2 amide bonds. The second-order valence-electron chi connectivity index (χ2n) is 7.84. The molecular weight excluding hydrogens is 304 g/mol. The standard InChI is InChI=1S/C18H34N4O2/c1-14-11-21(12-15(2)24-14)10-8-19-18(23)20-16-7-9-22(13-16)17-5-3-4-6-17/h14-17H,3-13H2,1-2H3,(H2,19,20,23)/t14-,15-,16+/m1/s1.